The van der Waals surface area contributed by atoms with E-state index in [1.807, 2.05) is 13.8 Å². The highest BCUT2D eigenvalue weighted by Gasteiger charge is 2.15. The number of benzene rings is 1. The molecule has 0 bridgehead atoms. The van der Waals surface area contributed by atoms with E-state index in [1.165, 1.54) is 5.56 Å². The Kier molecular flexibility index (Phi) is 3.30. The van der Waals surface area contributed by atoms with Crippen molar-refractivity contribution in [2.75, 3.05) is 5.32 Å². The van der Waals surface area contributed by atoms with E-state index < -0.39 is 0 Å². The molecule has 1 aliphatic carbocycles. The Morgan fingerprint density at radius 2 is 2.00 bits per heavy atom. The summed E-state index contributed by atoms with van der Waals surface area (Å²) in [7, 11) is 0. The third-order valence-electron chi connectivity index (χ3n) is 3.84. The summed E-state index contributed by atoms with van der Waals surface area (Å²) < 4.78 is 0. The molecule has 3 rings (SSSR count). The topological polar surface area (TPSA) is 57.8 Å². The van der Waals surface area contributed by atoms with Crippen LogP contribution in [0.4, 0.5) is 11.6 Å². The fourth-order valence-electron chi connectivity index (χ4n) is 2.66. The fraction of sp³-hybridized carbons (Fsp3) is 0.375. The van der Waals surface area contributed by atoms with Gasteiger partial charge in [0, 0.05) is 11.3 Å². The highest BCUT2D eigenvalue weighted by Crippen LogP contribution is 2.21. The summed E-state index contributed by atoms with van der Waals surface area (Å²) >= 11 is 0. The van der Waals surface area contributed by atoms with E-state index in [0.29, 0.717) is 5.95 Å². The number of hydrogen-bond acceptors (Lipinski definition) is 3. The molecule has 0 atom stereocenters. The minimum atomic E-state index is 0.00232. The van der Waals surface area contributed by atoms with Gasteiger partial charge in [0.25, 0.3) is 5.56 Å². The highest BCUT2D eigenvalue weighted by molar-refractivity contribution is 5.59. The molecule has 4 nitrogen and oxygen atoms in total. The first-order valence-corrected chi connectivity index (χ1v) is 7.10. The van der Waals surface area contributed by atoms with Crippen LogP contribution in [-0.2, 0) is 12.8 Å². The zero-order chi connectivity index (χ0) is 14.1. The molecular weight excluding hydrogens is 250 g/mol. The molecule has 0 spiro atoms. The van der Waals surface area contributed by atoms with Crippen LogP contribution in [0.1, 0.15) is 35.2 Å². The Labute approximate surface area is 118 Å². The van der Waals surface area contributed by atoms with Crippen molar-refractivity contribution in [2.24, 2.45) is 0 Å². The van der Waals surface area contributed by atoms with Crippen molar-refractivity contribution in [1.82, 2.24) is 9.97 Å². The van der Waals surface area contributed by atoms with Gasteiger partial charge in [0.15, 0.2) is 0 Å². The maximum atomic E-state index is 12.1. The van der Waals surface area contributed by atoms with E-state index >= 15 is 0 Å². The normalized spacial score (nSPS) is 13.9. The Morgan fingerprint density at radius 1 is 1.20 bits per heavy atom. The van der Waals surface area contributed by atoms with Gasteiger partial charge in [-0.3, -0.25) is 9.78 Å². The van der Waals surface area contributed by atoms with E-state index in [2.05, 4.69) is 33.5 Å². The maximum absolute atomic E-state index is 12.1. The molecular formula is C16H19N3O. The maximum Gasteiger partial charge on any atom is 0.255 e. The molecule has 20 heavy (non-hydrogen) atoms. The second kappa shape index (κ2) is 5.12. The third kappa shape index (κ3) is 2.46. The second-order valence-electron chi connectivity index (χ2n) is 5.49. The summed E-state index contributed by atoms with van der Waals surface area (Å²) in [5, 5.41) is 3.24. The Balaban J connectivity index is 1.97. The van der Waals surface area contributed by atoms with Crippen LogP contribution < -0.4 is 10.9 Å². The summed E-state index contributed by atoms with van der Waals surface area (Å²) in [6, 6.07) is 6.20. The Bertz CT molecular complexity index is 703. The molecule has 0 radical (unpaired) electrons. The predicted octanol–water partition coefficient (Wildman–Crippen LogP) is 3.01. The van der Waals surface area contributed by atoms with Gasteiger partial charge in [-0.15, -0.1) is 0 Å². The molecule has 0 amide bonds. The van der Waals surface area contributed by atoms with Crippen molar-refractivity contribution in [3.63, 3.8) is 0 Å². The monoisotopic (exact) mass is 269 g/mol. The van der Waals surface area contributed by atoms with E-state index in [-0.39, 0.29) is 5.56 Å². The number of nitrogens with zero attached hydrogens (tertiary/aromatic N) is 1. The van der Waals surface area contributed by atoms with Gasteiger partial charge >= 0.3 is 0 Å². The first-order valence-electron chi connectivity index (χ1n) is 7.10. The molecule has 0 saturated carbocycles. The van der Waals surface area contributed by atoms with Crippen molar-refractivity contribution in [1.29, 1.82) is 0 Å². The van der Waals surface area contributed by atoms with Gasteiger partial charge in [0.2, 0.25) is 5.95 Å². The van der Waals surface area contributed by atoms with Crippen LogP contribution in [0.3, 0.4) is 0 Å². The van der Waals surface area contributed by atoms with Crippen molar-refractivity contribution >= 4 is 11.6 Å². The average molecular weight is 269 g/mol. The largest absolute Gasteiger partial charge is 0.325 e. The first-order chi connectivity index (χ1) is 9.63. The number of aromatic amines is 1. The van der Waals surface area contributed by atoms with Crippen LogP contribution in [0.2, 0.25) is 0 Å². The molecule has 1 aliphatic rings. The number of fused-ring (bicyclic) bond motifs is 1. The van der Waals surface area contributed by atoms with Crippen LogP contribution in [0, 0.1) is 13.8 Å². The molecule has 2 N–H and O–H groups in total. The van der Waals surface area contributed by atoms with Crippen LogP contribution in [0.5, 0.6) is 0 Å². The van der Waals surface area contributed by atoms with Gasteiger partial charge in [-0.1, -0.05) is 12.1 Å². The molecule has 0 saturated heterocycles. The van der Waals surface area contributed by atoms with Gasteiger partial charge in [0.1, 0.15) is 0 Å². The molecule has 0 fully saturated rings. The molecule has 1 aromatic carbocycles. The van der Waals surface area contributed by atoms with Gasteiger partial charge in [-0.25, -0.2) is 4.98 Å². The first kappa shape index (κ1) is 12.9. The lowest BCUT2D eigenvalue weighted by Gasteiger charge is -2.16. The Morgan fingerprint density at radius 3 is 2.85 bits per heavy atom. The highest BCUT2D eigenvalue weighted by atomic mass is 16.1. The number of aromatic nitrogens is 2. The van der Waals surface area contributed by atoms with Gasteiger partial charge in [0.05, 0.1) is 5.69 Å². The van der Waals surface area contributed by atoms with Crippen LogP contribution in [-0.4, -0.2) is 9.97 Å². The molecule has 0 unspecified atom stereocenters. The number of nitrogens with one attached hydrogen (secondary N) is 2. The van der Waals surface area contributed by atoms with Crippen molar-refractivity contribution in [3.05, 3.63) is 50.9 Å². The van der Waals surface area contributed by atoms with E-state index in [1.54, 1.807) is 0 Å². The summed E-state index contributed by atoms with van der Waals surface area (Å²) in [6.07, 6.45) is 3.95. The number of H-pyrrole nitrogens is 1. The lowest BCUT2D eigenvalue weighted by Crippen LogP contribution is -2.22. The van der Waals surface area contributed by atoms with Crippen LogP contribution >= 0.6 is 0 Å². The van der Waals surface area contributed by atoms with Crippen molar-refractivity contribution in [3.8, 4) is 0 Å². The summed E-state index contributed by atoms with van der Waals surface area (Å²) in [4.78, 5) is 19.5. The minimum Gasteiger partial charge on any atom is -0.325 e. The number of anilines is 2. The van der Waals surface area contributed by atoms with Crippen LogP contribution in [0.25, 0.3) is 0 Å². The summed E-state index contributed by atoms with van der Waals surface area (Å²) in [6.45, 7) is 4.09. The lowest BCUT2D eigenvalue weighted by atomic mass is 9.97. The molecule has 0 aliphatic heterocycles. The predicted molar refractivity (Wildman–Crippen MR) is 80.7 cm³/mol. The molecule has 104 valence electrons. The molecule has 1 heterocycles. The minimum absolute atomic E-state index is 0.00232. The van der Waals surface area contributed by atoms with Gasteiger partial charge in [-0.2, -0.15) is 0 Å². The molecule has 1 aromatic heterocycles. The second-order valence-corrected chi connectivity index (χ2v) is 5.49. The van der Waals surface area contributed by atoms with Crippen LogP contribution in [0.15, 0.2) is 23.0 Å². The quantitative estimate of drug-likeness (QED) is 0.881. The SMILES string of the molecule is Cc1ccc(C)c(Nc2nc3c(c(=O)[nH]2)CCCC3)c1. The number of rotatable bonds is 2. The zero-order valence-electron chi connectivity index (χ0n) is 11.9. The van der Waals surface area contributed by atoms with Gasteiger partial charge in [-0.05, 0) is 56.7 Å². The third-order valence-corrected chi connectivity index (χ3v) is 3.84. The lowest BCUT2D eigenvalue weighted by molar-refractivity contribution is 0.658. The Hall–Kier alpha value is -2.10. The average Bonchev–Trinajstić information content (AvgIpc) is 2.43. The standard InChI is InChI=1S/C16H19N3O/c1-10-7-8-11(2)14(9-10)18-16-17-13-6-4-3-5-12(13)15(20)19-16/h7-9H,3-6H2,1-2H3,(H2,17,18,19,20). The molecule has 2 aromatic rings. The number of aryl methyl sites for hydroxylation is 3. The summed E-state index contributed by atoms with van der Waals surface area (Å²) in [5.74, 6) is 0.546. The fourth-order valence-corrected chi connectivity index (χ4v) is 2.66. The number of hydrogen-bond donors (Lipinski definition) is 2. The van der Waals surface area contributed by atoms with E-state index in [0.717, 1.165) is 48.2 Å². The van der Waals surface area contributed by atoms with E-state index in [4.69, 9.17) is 0 Å². The summed E-state index contributed by atoms with van der Waals surface area (Å²) in [5.41, 5.74) is 5.12. The zero-order valence-corrected chi connectivity index (χ0v) is 11.9. The van der Waals surface area contributed by atoms with E-state index in [9.17, 15) is 4.79 Å². The van der Waals surface area contributed by atoms with Gasteiger partial charge < -0.3 is 5.32 Å². The smallest absolute Gasteiger partial charge is 0.255 e. The molecule has 4 heteroatoms. The van der Waals surface area contributed by atoms with Crippen molar-refractivity contribution < 1.29 is 0 Å². The van der Waals surface area contributed by atoms with Crippen molar-refractivity contribution in [2.45, 2.75) is 39.5 Å².